The van der Waals surface area contributed by atoms with Crippen LogP contribution in [0.15, 0.2) is 36.4 Å². The summed E-state index contributed by atoms with van der Waals surface area (Å²) in [5.41, 5.74) is 0.774. The third-order valence-electron chi connectivity index (χ3n) is 3.40. The zero-order valence-electron chi connectivity index (χ0n) is 12.9. The van der Waals surface area contributed by atoms with Crippen LogP contribution in [0.3, 0.4) is 0 Å². The van der Waals surface area contributed by atoms with E-state index in [1.165, 1.54) is 18.2 Å². The summed E-state index contributed by atoms with van der Waals surface area (Å²) in [5, 5.41) is 2.90. The van der Waals surface area contributed by atoms with E-state index in [-0.39, 0.29) is 17.9 Å². The summed E-state index contributed by atoms with van der Waals surface area (Å²) in [6, 6.07) is 9.25. The van der Waals surface area contributed by atoms with Gasteiger partial charge in [-0.2, -0.15) is 8.78 Å². The van der Waals surface area contributed by atoms with E-state index in [9.17, 15) is 13.6 Å². The van der Waals surface area contributed by atoms with Crippen molar-refractivity contribution in [1.82, 2.24) is 0 Å². The molecule has 0 fully saturated rings. The number of nitrogens with one attached hydrogen (secondary N) is 1. The van der Waals surface area contributed by atoms with Crippen molar-refractivity contribution in [2.45, 2.75) is 13.0 Å². The van der Waals surface area contributed by atoms with Gasteiger partial charge in [-0.1, -0.05) is 23.7 Å². The highest BCUT2D eigenvalue weighted by molar-refractivity contribution is 6.32. The first-order valence-corrected chi connectivity index (χ1v) is 7.82. The summed E-state index contributed by atoms with van der Waals surface area (Å²) in [5.74, 6) is 0.417. The van der Waals surface area contributed by atoms with Crippen molar-refractivity contribution in [3.63, 3.8) is 0 Å². The van der Waals surface area contributed by atoms with Crippen molar-refractivity contribution in [2.75, 3.05) is 18.5 Å². The lowest BCUT2D eigenvalue weighted by Gasteiger charge is -2.20. The molecule has 2 aromatic carbocycles. The fraction of sp³-hybridized carbons (Fsp3) is 0.235. The average Bonchev–Trinajstić information content (AvgIpc) is 2.56. The van der Waals surface area contributed by atoms with Crippen LogP contribution in [0.5, 0.6) is 17.2 Å². The van der Waals surface area contributed by atoms with Gasteiger partial charge in [0.2, 0.25) is 5.91 Å². The van der Waals surface area contributed by atoms with Gasteiger partial charge in [0.25, 0.3) is 0 Å². The number of fused-ring (bicyclic) bond motifs is 1. The van der Waals surface area contributed by atoms with E-state index in [1.807, 2.05) is 0 Å². The first-order chi connectivity index (χ1) is 12.0. The molecule has 3 rings (SSSR count). The Morgan fingerprint density at radius 3 is 2.80 bits per heavy atom. The second kappa shape index (κ2) is 7.57. The van der Waals surface area contributed by atoms with Crippen molar-refractivity contribution in [1.29, 1.82) is 0 Å². The minimum atomic E-state index is -2.98. The number of anilines is 1. The van der Waals surface area contributed by atoms with Crippen LogP contribution in [0.4, 0.5) is 14.5 Å². The molecule has 132 valence electrons. The number of alkyl halides is 2. The normalized spacial score (nSPS) is 12.8. The first kappa shape index (κ1) is 17.3. The van der Waals surface area contributed by atoms with E-state index in [1.54, 1.807) is 18.2 Å². The maximum Gasteiger partial charge on any atom is 0.387 e. The average molecular weight is 370 g/mol. The van der Waals surface area contributed by atoms with Gasteiger partial charge in [-0.15, -0.1) is 0 Å². The molecule has 0 radical (unpaired) electrons. The van der Waals surface area contributed by atoms with Gasteiger partial charge >= 0.3 is 6.61 Å². The minimum absolute atomic E-state index is 0.0145. The highest BCUT2D eigenvalue weighted by Crippen LogP contribution is 2.38. The number of amides is 1. The summed E-state index contributed by atoms with van der Waals surface area (Å²) in [6.07, 6.45) is -0.0145. The van der Waals surface area contributed by atoms with Crippen LogP contribution in [0.25, 0.3) is 0 Å². The fourth-order valence-electron chi connectivity index (χ4n) is 2.41. The molecule has 1 amide bonds. The van der Waals surface area contributed by atoms with Gasteiger partial charge in [-0.3, -0.25) is 4.79 Å². The van der Waals surface area contributed by atoms with Crippen molar-refractivity contribution >= 4 is 23.2 Å². The Balaban J connectivity index is 1.72. The zero-order valence-corrected chi connectivity index (χ0v) is 13.7. The third kappa shape index (κ3) is 4.30. The Kier molecular flexibility index (Phi) is 5.23. The number of hydrogen-bond donors (Lipinski definition) is 1. The van der Waals surface area contributed by atoms with Crippen LogP contribution in [0, 0.1) is 0 Å². The molecular formula is C17H14ClF2NO4. The lowest BCUT2D eigenvalue weighted by molar-refractivity contribution is -0.115. The lowest BCUT2D eigenvalue weighted by atomic mass is 10.1. The zero-order chi connectivity index (χ0) is 17.8. The molecule has 2 aromatic rings. The molecule has 8 heteroatoms. The van der Waals surface area contributed by atoms with Gasteiger partial charge in [0.15, 0.2) is 11.5 Å². The summed E-state index contributed by atoms with van der Waals surface area (Å²) >= 11 is 6.13. The SMILES string of the molecule is O=C(Cc1cc(Cl)c2c(c1)OCCO2)Nc1ccccc1OC(F)F. The molecule has 1 aliphatic rings. The van der Waals surface area contributed by atoms with Gasteiger partial charge in [-0.25, -0.2) is 0 Å². The predicted octanol–water partition coefficient (Wildman–Crippen LogP) is 3.89. The molecule has 1 aliphatic heterocycles. The molecule has 0 saturated heterocycles. The molecule has 1 heterocycles. The molecule has 0 atom stereocenters. The molecule has 5 nitrogen and oxygen atoms in total. The Morgan fingerprint density at radius 1 is 1.24 bits per heavy atom. The molecule has 0 saturated carbocycles. The number of carbonyl (C=O) groups excluding carboxylic acids is 1. The minimum Gasteiger partial charge on any atom is -0.486 e. The summed E-state index contributed by atoms with van der Waals surface area (Å²) in [6.45, 7) is -2.17. The van der Waals surface area contributed by atoms with Crippen molar-refractivity contribution in [3.05, 3.63) is 47.0 Å². The number of para-hydroxylation sites is 2. The Hall–Kier alpha value is -2.54. The number of carbonyl (C=O) groups is 1. The standard InChI is InChI=1S/C17H14ClF2NO4/c18-11-7-10(8-14-16(11)24-6-5-23-14)9-15(22)21-12-3-1-2-4-13(12)25-17(19)20/h1-4,7-8,17H,5-6,9H2,(H,21,22). The molecule has 0 bridgehead atoms. The molecule has 0 spiro atoms. The fourth-order valence-corrected chi connectivity index (χ4v) is 2.70. The highest BCUT2D eigenvalue weighted by atomic mass is 35.5. The first-order valence-electron chi connectivity index (χ1n) is 7.44. The van der Waals surface area contributed by atoms with Crippen molar-refractivity contribution in [2.24, 2.45) is 0 Å². The maximum atomic E-state index is 12.4. The van der Waals surface area contributed by atoms with Crippen LogP contribution in [0.2, 0.25) is 5.02 Å². The van der Waals surface area contributed by atoms with E-state index in [0.29, 0.717) is 35.3 Å². The van der Waals surface area contributed by atoms with Crippen LogP contribution in [-0.2, 0) is 11.2 Å². The molecular weight excluding hydrogens is 356 g/mol. The van der Waals surface area contributed by atoms with Crippen molar-refractivity contribution < 1.29 is 27.8 Å². The lowest BCUT2D eigenvalue weighted by Crippen LogP contribution is -2.18. The number of rotatable bonds is 5. The smallest absolute Gasteiger partial charge is 0.387 e. The van der Waals surface area contributed by atoms with E-state index < -0.39 is 12.5 Å². The second-order valence-corrected chi connectivity index (χ2v) is 5.61. The van der Waals surface area contributed by atoms with Gasteiger partial charge in [0, 0.05) is 0 Å². The van der Waals surface area contributed by atoms with Crippen LogP contribution in [-0.4, -0.2) is 25.7 Å². The Bertz CT molecular complexity index is 785. The Morgan fingerprint density at radius 2 is 2.00 bits per heavy atom. The van der Waals surface area contributed by atoms with E-state index in [4.69, 9.17) is 21.1 Å². The van der Waals surface area contributed by atoms with Gasteiger partial charge in [-0.05, 0) is 29.8 Å². The summed E-state index contributed by atoms with van der Waals surface area (Å²) < 4.78 is 40.1. The molecule has 0 aliphatic carbocycles. The number of halogens is 3. The molecule has 25 heavy (non-hydrogen) atoms. The number of benzene rings is 2. The van der Waals surface area contributed by atoms with E-state index in [2.05, 4.69) is 10.1 Å². The van der Waals surface area contributed by atoms with Crippen molar-refractivity contribution in [3.8, 4) is 17.2 Å². The van der Waals surface area contributed by atoms with Gasteiger partial charge in [0.1, 0.15) is 19.0 Å². The summed E-state index contributed by atoms with van der Waals surface area (Å²) in [7, 11) is 0. The second-order valence-electron chi connectivity index (χ2n) is 5.20. The summed E-state index contributed by atoms with van der Waals surface area (Å²) in [4.78, 5) is 12.2. The molecule has 0 aromatic heterocycles. The van der Waals surface area contributed by atoms with E-state index >= 15 is 0 Å². The van der Waals surface area contributed by atoms with Crippen LogP contribution in [0.1, 0.15) is 5.56 Å². The molecule has 0 unspecified atom stereocenters. The van der Waals surface area contributed by atoms with E-state index in [0.717, 1.165) is 0 Å². The van der Waals surface area contributed by atoms with Crippen LogP contribution < -0.4 is 19.5 Å². The third-order valence-corrected chi connectivity index (χ3v) is 3.68. The van der Waals surface area contributed by atoms with Gasteiger partial charge in [0.05, 0.1) is 17.1 Å². The maximum absolute atomic E-state index is 12.4. The highest BCUT2D eigenvalue weighted by Gasteiger charge is 2.18. The largest absolute Gasteiger partial charge is 0.486 e. The predicted molar refractivity (Wildman–Crippen MR) is 87.8 cm³/mol. The Labute approximate surface area is 147 Å². The topological polar surface area (TPSA) is 56.8 Å². The molecule has 1 N–H and O–H groups in total. The van der Waals surface area contributed by atoms with Gasteiger partial charge < -0.3 is 19.5 Å². The monoisotopic (exact) mass is 369 g/mol. The quantitative estimate of drug-likeness (QED) is 0.868. The van der Waals surface area contributed by atoms with Crippen LogP contribution >= 0.6 is 11.6 Å². The number of hydrogen-bond acceptors (Lipinski definition) is 4. The number of ether oxygens (including phenoxy) is 3.